The highest BCUT2D eigenvalue weighted by Gasteiger charge is 2.42. The third kappa shape index (κ3) is 2.97. The van der Waals surface area contributed by atoms with E-state index in [1.54, 1.807) is 5.51 Å². The molecule has 128 valence electrons. The van der Waals surface area contributed by atoms with Crippen LogP contribution in [-0.4, -0.2) is 22.4 Å². The van der Waals surface area contributed by atoms with Crippen molar-refractivity contribution < 1.29 is 14.3 Å². The van der Waals surface area contributed by atoms with Gasteiger partial charge in [0, 0.05) is 11.3 Å². The lowest BCUT2D eigenvalue weighted by atomic mass is 9.86. The van der Waals surface area contributed by atoms with Crippen LogP contribution in [0.1, 0.15) is 58.2 Å². The molecule has 3 heterocycles. The highest BCUT2D eigenvalue weighted by Crippen LogP contribution is 2.48. The summed E-state index contributed by atoms with van der Waals surface area (Å²) in [5, 5.41) is 3.28. The molecule has 0 atom stereocenters. The van der Waals surface area contributed by atoms with Crippen molar-refractivity contribution in [2.24, 2.45) is 5.73 Å². The molecule has 24 heavy (non-hydrogen) atoms. The van der Waals surface area contributed by atoms with Crippen molar-refractivity contribution in [2.45, 2.75) is 45.3 Å². The van der Waals surface area contributed by atoms with Crippen LogP contribution >= 0.6 is 22.7 Å². The summed E-state index contributed by atoms with van der Waals surface area (Å²) in [6, 6.07) is 0. The minimum atomic E-state index is -0.556. The number of amides is 2. The van der Waals surface area contributed by atoms with Crippen molar-refractivity contribution >= 4 is 39.5 Å². The van der Waals surface area contributed by atoms with Crippen LogP contribution in [-0.2, 0) is 16.8 Å². The molecule has 3 N–H and O–H groups in total. The molecule has 0 radical (unpaired) electrons. The van der Waals surface area contributed by atoms with Gasteiger partial charge >= 0.3 is 0 Å². The van der Waals surface area contributed by atoms with Crippen molar-refractivity contribution in [2.75, 3.05) is 5.32 Å². The lowest BCUT2D eigenvalue weighted by Crippen LogP contribution is -2.42. The summed E-state index contributed by atoms with van der Waals surface area (Å²) in [5.41, 5.74) is 7.49. The quantitative estimate of drug-likeness (QED) is 0.873. The molecule has 2 amide bonds. The molecule has 2 aromatic heterocycles. The first-order chi connectivity index (χ1) is 11.1. The van der Waals surface area contributed by atoms with Gasteiger partial charge in [-0.2, -0.15) is 0 Å². The molecule has 0 saturated heterocycles. The van der Waals surface area contributed by atoms with E-state index in [0.717, 1.165) is 10.4 Å². The van der Waals surface area contributed by atoms with Gasteiger partial charge in [0.1, 0.15) is 9.88 Å². The zero-order valence-corrected chi connectivity index (χ0v) is 15.6. The van der Waals surface area contributed by atoms with Gasteiger partial charge in [-0.1, -0.05) is 0 Å². The SMILES string of the molecule is CC1(C)Cc2c(sc(NC(=O)c3cncs3)c2C(N)=O)C(C)(C)O1. The Balaban J connectivity index is 2.07. The lowest BCUT2D eigenvalue weighted by Gasteiger charge is -2.41. The number of hydrogen-bond donors (Lipinski definition) is 2. The summed E-state index contributed by atoms with van der Waals surface area (Å²) in [7, 11) is 0. The summed E-state index contributed by atoms with van der Waals surface area (Å²) < 4.78 is 6.15. The van der Waals surface area contributed by atoms with Gasteiger partial charge < -0.3 is 15.8 Å². The molecular weight excluding hydrogens is 346 g/mol. The molecule has 0 fully saturated rings. The third-order valence-corrected chi connectivity index (χ3v) is 6.04. The highest BCUT2D eigenvalue weighted by molar-refractivity contribution is 7.17. The van der Waals surface area contributed by atoms with Crippen LogP contribution in [0, 0.1) is 0 Å². The molecule has 1 aliphatic rings. The molecule has 8 heteroatoms. The second-order valence-electron chi connectivity index (χ2n) is 6.85. The smallest absolute Gasteiger partial charge is 0.267 e. The molecule has 6 nitrogen and oxygen atoms in total. The average molecular weight is 365 g/mol. The van der Waals surface area contributed by atoms with Crippen molar-refractivity contribution in [3.8, 4) is 0 Å². The van der Waals surface area contributed by atoms with Gasteiger partial charge in [0.05, 0.1) is 28.5 Å². The topological polar surface area (TPSA) is 94.3 Å². The average Bonchev–Trinajstić information content (AvgIpc) is 3.03. The fraction of sp³-hybridized carbons (Fsp3) is 0.438. The number of thiophene rings is 1. The Morgan fingerprint density at radius 2 is 2.04 bits per heavy atom. The van der Waals surface area contributed by atoms with E-state index in [2.05, 4.69) is 10.3 Å². The Morgan fingerprint density at radius 1 is 1.33 bits per heavy atom. The normalized spacial score (nSPS) is 18.0. The number of hydrogen-bond acceptors (Lipinski definition) is 6. The summed E-state index contributed by atoms with van der Waals surface area (Å²) in [5.74, 6) is -0.836. The number of fused-ring (bicyclic) bond motifs is 1. The van der Waals surface area contributed by atoms with Crippen LogP contribution in [0.25, 0.3) is 0 Å². The van der Waals surface area contributed by atoms with Gasteiger partial charge in [-0.25, -0.2) is 0 Å². The largest absolute Gasteiger partial charge is 0.365 e. The van der Waals surface area contributed by atoms with Gasteiger partial charge in [-0.15, -0.1) is 22.7 Å². The number of nitrogens with zero attached hydrogens (tertiary/aromatic N) is 1. The predicted molar refractivity (Wildman–Crippen MR) is 94.8 cm³/mol. The molecular formula is C16H19N3O3S2. The zero-order chi connectivity index (χ0) is 17.7. The first-order valence-electron chi connectivity index (χ1n) is 7.47. The summed E-state index contributed by atoms with van der Waals surface area (Å²) >= 11 is 2.59. The Labute approximate surface area is 148 Å². The molecule has 0 aromatic carbocycles. The third-order valence-electron chi connectivity index (χ3n) is 3.82. The summed E-state index contributed by atoms with van der Waals surface area (Å²) in [6.45, 7) is 7.89. The molecule has 0 unspecified atom stereocenters. The van der Waals surface area contributed by atoms with E-state index in [9.17, 15) is 9.59 Å². The number of carbonyl (C=O) groups is 2. The van der Waals surface area contributed by atoms with Crippen molar-refractivity contribution in [1.82, 2.24) is 4.98 Å². The minimum Gasteiger partial charge on any atom is -0.365 e. The summed E-state index contributed by atoms with van der Waals surface area (Å²) in [4.78, 5) is 29.7. The van der Waals surface area contributed by atoms with Gasteiger partial charge in [0.2, 0.25) is 0 Å². The Kier molecular flexibility index (Phi) is 4.01. The van der Waals surface area contributed by atoms with Gasteiger partial charge in [0.15, 0.2) is 0 Å². The summed E-state index contributed by atoms with van der Waals surface area (Å²) in [6.07, 6.45) is 2.06. The number of rotatable bonds is 3. The zero-order valence-electron chi connectivity index (χ0n) is 13.9. The van der Waals surface area contributed by atoms with E-state index >= 15 is 0 Å². The van der Waals surface area contributed by atoms with Crippen LogP contribution in [0.2, 0.25) is 0 Å². The maximum atomic E-state index is 12.3. The number of aromatic nitrogens is 1. The highest BCUT2D eigenvalue weighted by atomic mass is 32.1. The van der Waals surface area contributed by atoms with E-state index in [1.165, 1.54) is 28.9 Å². The van der Waals surface area contributed by atoms with Gasteiger partial charge in [-0.05, 0) is 33.3 Å². The Morgan fingerprint density at radius 3 is 2.62 bits per heavy atom. The fourth-order valence-corrected chi connectivity index (χ4v) is 4.93. The van der Waals surface area contributed by atoms with Crippen LogP contribution < -0.4 is 11.1 Å². The first kappa shape index (κ1) is 17.1. The maximum Gasteiger partial charge on any atom is 0.267 e. The van der Waals surface area contributed by atoms with Crippen molar-refractivity contribution in [3.63, 3.8) is 0 Å². The Bertz CT molecular complexity index is 807. The number of carbonyl (C=O) groups excluding carboxylic acids is 2. The number of nitrogens with two attached hydrogens (primary N) is 1. The predicted octanol–water partition coefficient (Wildman–Crippen LogP) is 3.14. The minimum absolute atomic E-state index is 0.295. The van der Waals surface area contributed by atoms with E-state index < -0.39 is 17.1 Å². The van der Waals surface area contributed by atoms with E-state index in [0.29, 0.717) is 21.9 Å². The molecule has 0 spiro atoms. The monoisotopic (exact) mass is 365 g/mol. The first-order valence-corrected chi connectivity index (χ1v) is 9.16. The van der Waals surface area contributed by atoms with E-state index in [-0.39, 0.29) is 5.91 Å². The molecule has 2 aromatic rings. The van der Waals surface area contributed by atoms with Gasteiger partial charge in [0.25, 0.3) is 11.8 Å². The van der Waals surface area contributed by atoms with Crippen LogP contribution in [0.5, 0.6) is 0 Å². The standard InChI is InChI=1S/C16H19N3O3S2/c1-15(2)5-8-10(12(17)20)14(24-11(8)16(3,4)22-15)19-13(21)9-6-18-7-23-9/h6-7H,5H2,1-4H3,(H2,17,20)(H,19,21). The number of primary amides is 1. The number of ether oxygens (including phenoxy) is 1. The molecule has 3 rings (SSSR count). The molecule has 0 aliphatic carbocycles. The Hall–Kier alpha value is -1.77. The van der Waals surface area contributed by atoms with Crippen LogP contribution in [0.15, 0.2) is 11.7 Å². The van der Waals surface area contributed by atoms with Crippen molar-refractivity contribution in [3.05, 3.63) is 32.6 Å². The van der Waals surface area contributed by atoms with Gasteiger partial charge in [-0.3, -0.25) is 14.6 Å². The second kappa shape index (κ2) is 5.65. The van der Waals surface area contributed by atoms with E-state index in [1.807, 2.05) is 27.7 Å². The molecule has 0 bridgehead atoms. The number of nitrogens with one attached hydrogen (secondary N) is 1. The lowest BCUT2D eigenvalue weighted by molar-refractivity contribution is -0.135. The van der Waals surface area contributed by atoms with Crippen molar-refractivity contribution in [1.29, 1.82) is 0 Å². The second-order valence-corrected chi connectivity index (χ2v) is 8.75. The van der Waals surface area contributed by atoms with Crippen LogP contribution in [0.3, 0.4) is 0 Å². The molecule has 0 saturated carbocycles. The van der Waals surface area contributed by atoms with Crippen LogP contribution in [0.4, 0.5) is 5.00 Å². The molecule has 1 aliphatic heterocycles. The number of thiazole rings is 1. The number of anilines is 1. The van der Waals surface area contributed by atoms with E-state index in [4.69, 9.17) is 10.5 Å². The fourth-order valence-electron chi connectivity index (χ4n) is 3.16. The maximum absolute atomic E-state index is 12.3.